The summed E-state index contributed by atoms with van der Waals surface area (Å²) in [6.07, 6.45) is 4.05. The molecule has 2 heterocycles. The molecule has 0 spiro atoms. The molecule has 4 aromatic rings. The molecule has 3 aromatic carbocycles. The summed E-state index contributed by atoms with van der Waals surface area (Å²) in [4.78, 5) is 32.8. The molecule has 224 valence electrons. The fraction of sp³-hybridized carbons (Fsp3) is 0.343. The number of aromatic nitrogens is 1. The first-order chi connectivity index (χ1) is 21.2. The maximum absolute atomic E-state index is 13.6. The third kappa shape index (κ3) is 9.24. The number of hydrogen-bond acceptors (Lipinski definition) is 5. The van der Waals surface area contributed by atoms with Gasteiger partial charge in [0, 0.05) is 42.9 Å². The van der Waals surface area contributed by atoms with Crippen molar-refractivity contribution in [3.63, 3.8) is 0 Å². The van der Waals surface area contributed by atoms with Gasteiger partial charge in [-0.15, -0.1) is 11.3 Å². The Kier molecular flexibility index (Phi) is 11.3. The van der Waals surface area contributed by atoms with Crippen molar-refractivity contribution in [3.05, 3.63) is 108 Å². The molecule has 0 aliphatic carbocycles. The van der Waals surface area contributed by atoms with Crippen LogP contribution in [0.2, 0.25) is 0 Å². The van der Waals surface area contributed by atoms with Crippen molar-refractivity contribution >= 4 is 28.4 Å². The Labute approximate surface area is 258 Å². The summed E-state index contributed by atoms with van der Waals surface area (Å²) in [5.74, 6) is 0.686. The van der Waals surface area contributed by atoms with Gasteiger partial charge in [0.2, 0.25) is 5.91 Å². The number of hydrogen-bond donors (Lipinski definition) is 3. The van der Waals surface area contributed by atoms with Crippen LogP contribution < -0.4 is 16.0 Å². The SMILES string of the molecule is O=C(CCCN(CCC(c1ccccc1)c1ccccc1)C(=O)Nc1nc(-c2ccccc2)cs1)NC[C@H]1CCCNC1. The van der Waals surface area contributed by atoms with Crippen LogP contribution in [0.4, 0.5) is 9.93 Å². The van der Waals surface area contributed by atoms with Gasteiger partial charge in [0.1, 0.15) is 0 Å². The van der Waals surface area contributed by atoms with E-state index in [2.05, 4.69) is 69.5 Å². The predicted octanol–water partition coefficient (Wildman–Crippen LogP) is 6.76. The maximum Gasteiger partial charge on any atom is 0.323 e. The number of urea groups is 1. The van der Waals surface area contributed by atoms with Crippen molar-refractivity contribution in [2.45, 2.75) is 38.0 Å². The lowest BCUT2D eigenvalue weighted by Crippen LogP contribution is -2.39. The van der Waals surface area contributed by atoms with Crippen LogP contribution in [0, 0.1) is 5.92 Å². The average molecular weight is 596 g/mol. The average Bonchev–Trinajstić information content (AvgIpc) is 3.53. The van der Waals surface area contributed by atoms with Gasteiger partial charge in [0.25, 0.3) is 0 Å². The molecular weight excluding hydrogens is 554 g/mol. The van der Waals surface area contributed by atoms with Gasteiger partial charge in [-0.3, -0.25) is 10.1 Å². The van der Waals surface area contributed by atoms with Crippen molar-refractivity contribution in [2.24, 2.45) is 5.92 Å². The van der Waals surface area contributed by atoms with Crippen molar-refractivity contribution in [1.29, 1.82) is 0 Å². The Hall–Kier alpha value is -4.01. The first-order valence-electron chi connectivity index (χ1n) is 15.3. The van der Waals surface area contributed by atoms with Crippen LogP contribution in [0.25, 0.3) is 11.3 Å². The van der Waals surface area contributed by atoms with E-state index in [0.29, 0.717) is 43.5 Å². The lowest BCUT2D eigenvalue weighted by Gasteiger charge is -2.26. The van der Waals surface area contributed by atoms with Gasteiger partial charge < -0.3 is 15.5 Å². The van der Waals surface area contributed by atoms with E-state index in [1.807, 2.05) is 52.7 Å². The normalized spacial score (nSPS) is 14.8. The largest absolute Gasteiger partial charge is 0.356 e. The minimum atomic E-state index is -0.192. The third-order valence-corrected chi connectivity index (χ3v) is 8.74. The lowest BCUT2D eigenvalue weighted by atomic mass is 9.88. The van der Waals surface area contributed by atoms with E-state index in [1.54, 1.807) is 0 Å². The van der Waals surface area contributed by atoms with Crippen LogP contribution >= 0.6 is 11.3 Å². The summed E-state index contributed by atoms with van der Waals surface area (Å²) in [6, 6.07) is 30.6. The van der Waals surface area contributed by atoms with Crippen molar-refractivity contribution in [3.8, 4) is 11.3 Å². The Bertz CT molecular complexity index is 1370. The highest BCUT2D eigenvalue weighted by atomic mass is 32.1. The quantitative estimate of drug-likeness (QED) is 0.159. The zero-order chi connectivity index (χ0) is 29.7. The molecule has 0 radical (unpaired) electrons. The molecule has 1 aliphatic rings. The number of amides is 3. The number of benzene rings is 3. The van der Waals surface area contributed by atoms with E-state index in [9.17, 15) is 9.59 Å². The lowest BCUT2D eigenvalue weighted by molar-refractivity contribution is -0.121. The van der Waals surface area contributed by atoms with Crippen LogP contribution in [0.3, 0.4) is 0 Å². The van der Waals surface area contributed by atoms with E-state index >= 15 is 0 Å². The molecule has 0 saturated carbocycles. The molecule has 3 N–H and O–H groups in total. The minimum Gasteiger partial charge on any atom is -0.356 e. The zero-order valence-corrected chi connectivity index (χ0v) is 25.4. The molecule has 1 atom stereocenters. The van der Waals surface area contributed by atoms with E-state index in [4.69, 9.17) is 0 Å². The van der Waals surface area contributed by atoms with Gasteiger partial charge in [0.15, 0.2) is 5.13 Å². The highest BCUT2D eigenvalue weighted by Gasteiger charge is 2.21. The summed E-state index contributed by atoms with van der Waals surface area (Å²) < 4.78 is 0. The highest BCUT2D eigenvalue weighted by molar-refractivity contribution is 7.14. The summed E-state index contributed by atoms with van der Waals surface area (Å²) in [5, 5.41) is 12.1. The molecule has 7 nitrogen and oxygen atoms in total. The zero-order valence-electron chi connectivity index (χ0n) is 24.6. The number of nitrogens with zero attached hydrogens (tertiary/aromatic N) is 2. The number of rotatable bonds is 13. The summed E-state index contributed by atoms with van der Waals surface area (Å²) in [6.45, 7) is 3.76. The first-order valence-corrected chi connectivity index (χ1v) is 16.2. The molecule has 0 unspecified atom stereocenters. The second kappa shape index (κ2) is 16.0. The molecule has 0 bridgehead atoms. The van der Waals surface area contributed by atoms with Crippen LogP contribution in [0.15, 0.2) is 96.4 Å². The Morgan fingerprint density at radius 1 is 0.930 bits per heavy atom. The van der Waals surface area contributed by atoms with Crippen LogP contribution in [0.5, 0.6) is 0 Å². The monoisotopic (exact) mass is 595 g/mol. The number of carbonyl (C=O) groups excluding carboxylic acids is 2. The minimum absolute atomic E-state index is 0.0461. The number of nitrogens with one attached hydrogen (secondary N) is 3. The van der Waals surface area contributed by atoms with E-state index in [-0.39, 0.29) is 17.9 Å². The molecule has 1 saturated heterocycles. The maximum atomic E-state index is 13.6. The fourth-order valence-electron chi connectivity index (χ4n) is 5.61. The van der Waals surface area contributed by atoms with Crippen LogP contribution in [0.1, 0.15) is 49.1 Å². The fourth-order valence-corrected chi connectivity index (χ4v) is 6.32. The van der Waals surface area contributed by atoms with Gasteiger partial charge in [0.05, 0.1) is 5.69 Å². The molecule has 5 rings (SSSR count). The number of thiazole rings is 1. The number of anilines is 1. The molecule has 1 aliphatic heterocycles. The van der Waals surface area contributed by atoms with E-state index in [0.717, 1.165) is 43.6 Å². The smallest absolute Gasteiger partial charge is 0.323 e. The molecule has 3 amide bonds. The highest BCUT2D eigenvalue weighted by Crippen LogP contribution is 2.29. The topological polar surface area (TPSA) is 86.4 Å². The van der Waals surface area contributed by atoms with E-state index in [1.165, 1.54) is 22.5 Å². The molecule has 1 aromatic heterocycles. The van der Waals surface area contributed by atoms with Crippen molar-refractivity contribution in [1.82, 2.24) is 20.5 Å². The molecule has 43 heavy (non-hydrogen) atoms. The number of carbonyl (C=O) groups is 2. The van der Waals surface area contributed by atoms with Crippen molar-refractivity contribution in [2.75, 3.05) is 38.0 Å². The first kappa shape index (κ1) is 30.4. The Morgan fingerprint density at radius 3 is 2.26 bits per heavy atom. The molecule has 1 fully saturated rings. The van der Waals surface area contributed by atoms with E-state index < -0.39 is 0 Å². The second-order valence-electron chi connectivity index (χ2n) is 11.1. The van der Waals surface area contributed by atoms with Gasteiger partial charge in [-0.1, -0.05) is 91.0 Å². The van der Waals surface area contributed by atoms with Crippen LogP contribution in [-0.4, -0.2) is 54.5 Å². The molecule has 8 heteroatoms. The third-order valence-electron chi connectivity index (χ3n) is 7.99. The molecular formula is C35H41N5O2S. The Balaban J connectivity index is 1.24. The summed E-state index contributed by atoms with van der Waals surface area (Å²) in [7, 11) is 0. The Morgan fingerprint density at radius 2 is 1.60 bits per heavy atom. The van der Waals surface area contributed by atoms with Crippen molar-refractivity contribution < 1.29 is 9.59 Å². The summed E-state index contributed by atoms with van der Waals surface area (Å²) in [5.41, 5.74) is 4.29. The second-order valence-corrected chi connectivity index (χ2v) is 12.0. The van der Waals surface area contributed by atoms with Gasteiger partial charge in [-0.2, -0.15) is 0 Å². The standard InChI is InChI=1S/C35H41N5O2S/c41-33(37-25-27-12-10-21-36-24-27)19-11-22-40(35(42)39-34-38-32(26-43-34)30-17-8-3-9-18-30)23-20-31(28-13-4-1-5-14-28)29-15-6-2-7-16-29/h1-9,13-18,26-27,31,36H,10-12,19-25H2,(H,37,41)(H,38,39,42)/t27-/m0/s1. The predicted molar refractivity (Wildman–Crippen MR) is 175 cm³/mol. The van der Waals surface area contributed by atoms with Gasteiger partial charge in [-0.25, -0.2) is 9.78 Å². The number of piperidine rings is 1. The van der Waals surface area contributed by atoms with Gasteiger partial charge >= 0.3 is 6.03 Å². The van der Waals surface area contributed by atoms with Crippen LogP contribution in [-0.2, 0) is 4.79 Å². The summed E-state index contributed by atoms with van der Waals surface area (Å²) >= 11 is 1.42. The van der Waals surface area contributed by atoms with Gasteiger partial charge in [-0.05, 0) is 55.8 Å².